The summed E-state index contributed by atoms with van der Waals surface area (Å²) in [4.78, 5) is 15.3. The van der Waals surface area contributed by atoms with E-state index in [1.807, 2.05) is 10.8 Å². The molecule has 1 atom stereocenters. The number of aromatic nitrogens is 2. The number of aryl methyl sites for hydroxylation is 1. The SMILES string of the molecule is CCCc1nccn1CC(N)C(=O)OC. The standard InChI is InChI=1S/C10H17N3O2/c1-3-4-9-12-5-6-13(9)7-8(11)10(14)15-2/h5-6,8H,3-4,7,11H2,1-2H3. The molecular weight excluding hydrogens is 194 g/mol. The first-order valence-corrected chi connectivity index (χ1v) is 5.02. The maximum Gasteiger partial charge on any atom is 0.324 e. The van der Waals surface area contributed by atoms with Gasteiger partial charge in [-0.15, -0.1) is 0 Å². The highest BCUT2D eigenvalue weighted by atomic mass is 16.5. The molecule has 1 unspecified atom stereocenters. The molecule has 84 valence electrons. The molecule has 2 N–H and O–H groups in total. The number of esters is 1. The number of methoxy groups -OCH3 is 1. The van der Waals surface area contributed by atoms with E-state index in [9.17, 15) is 4.79 Å². The van der Waals surface area contributed by atoms with Gasteiger partial charge in [0.15, 0.2) is 0 Å². The summed E-state index contributed by atoms with van der Waals surface area (Å²) in [6.07, 6.45) is 5.45. The van der Waals surface area contributed by atoms with Crippen LogP contribution in [-0.2, 0) is 22.5 Å². The minimum atomic E-state index is -0.625. The van der Waals surface area contributed by atoms with Crippen LogP contribution in [0.15, 0.2) is 12.4 Å². The van der Waals surface area contributed by atoms with Crippen molar-refractivity contribution in [3.8, 4) is 0 Å². The number of carbonyl (C=O) groups is 1. The highest BCUT2D eigenvalue weighted by Gasteiger charge is 2.15. The van der Waals surface area contributed by atoms with E-state index in [4.69, 9.17) is 5.73 Å². The van der Waals surface area contributed by atoms with Crippen molar-refractivity contribution in [1.29, 1.82) is 0 Å². The number of hydrogen-bond donors (Lipinski definition) is 1. The largest absolute Gasteiger partial charge is 0.468 e. The van der Waals surface area contributed by atoms with Crippen LogP contribution in [0.3, 0.4) is 0 Å². The number of carbonyl (C=O) groups excluding carboxylic acids is 1. The summed E-state index contributed by atoms with van der Waals surface area (Å²) in [6, 6.07) is -0.625. The average molecular weight is 211 g/mol. The first-order valence-electron chi connectivity index (χ1n) is 5.02. The van der Waals surface area contributed by atoms with Gasteiger partial charge < -0.3 is 15.0 Å². The van der Waals surface area contributed by atoms with Gasteiger partial charge in [0.2, 0.25) is 0 Å². The lowest BCUT2D eigenvalue weighted by atomic mass is 10.3. The fourth-order valence-electron chi connectivity index (χ4n) is 1.40. The second-order valence-electron chi connectivity index (χ2n) is 3.38. The molecule has 1 aromatic rings. The number of rotatable bonds is 5. The molecule has 0 radical (unpaired) electrons. The molecule has 0 fully saturated rings. The molecule has 0 saturated carbocycles. The van der Waals surface area contributed by atoms with Crippen molar-refractivity contribution in [2.45, 2.75) is 32.4 Å². The van der Waals surface area contributed by atoms with E-state index in [1.165, 1.54) is 7.11 Å². The van der Waals surface area contributed by atoms with E-state index in [-0.39, 0.29) is 0 Å². The summed E-state index contributed by atoms with van der Waals surface area (Å²) in [7, 11) is 1.34. The number of nitrogens with zero attached hydrogens (tertiary/aromatic N) is 2. The van der Waals surface area contributed by atoms with Crippen LogP contribution in [0.25, 0.3) is 0 Å². The summed E-state index contributed by atoms with van der Waals surface area (Å²) in [5, 5.41) is 0. The molecule has 5 heteroatoms. The Morgan fingerprint density at radius 1 is 1.73 bits per heavy atom. The number of nitrogens with two attached hydrogens (primary N) is 1. The van der Waals surface area contributed by atoms with Gasteiger partial charge in [-0.1, -0.05) is 6.92 Å². The van der Waals surface area contributed by atoms with Crippen LogP contribution in [0.5, 0.6) is 0 Å². The molecule has 0 aliphatic heterocycles. The van der Waals surface area contributed by atoms with E-state index >= 15 is 0 Å². The van der Waals surface area contributed by atoms with Gasteiger partial charge in [-0.25, -0.2) is 4.98 Å². The number of ether oxygens (including phenoxy) is 1. The van der Waals surface area contributed by atoms with Crippen molar-refractivity contribution in [2.75, 3.05) is 7.11 Å². The molecule has 1 rings (SSSR count). The van der Waals surface area contributed by atoms with Crippen molar-refractivity contribution in [3.05, 3.63) is 18.2 Å². The van der Waals surface area contributed by atoms with Gasteiger partial charge in [0.25, 0.3) is 0 Å². The fraction of sp³-hybridized carbons (Fsp3) is 0.600. The van der Waals surface area contributed by atoms with Crippen LogP contribution in [0.1, 0.15) is 19.2 Å². The van der Waals surface area contributed by atoms with Gasteiger partial charge in [0.1, 0.15) is 11.9 Å². The molecule has 0 aromatic carbocycles. The second kappa shape index (κ2) is 5.50. The predicted molar refractivity (Wildman–Crippen MR) is 56.2 cm³/mol. The Bertz CT molecular complexity index is 322. The van der Waals surface area contributed by atoms with Crippen LogP contribution in [-0.4, -0.2) is 28.7 Å². The Hall–Kier alpha value is -1.36. The van der Waals surface area contributed by atoms with Crippen molar-refractivity contribution < 1.29 is 9.53 Å². The van der Waals surface area contributed by atoms with Gasteiger partial charge >= 0.3 is 5.97 Å². The van der Waals surface area contributed by atoms with E-state index < -0.39 is 12.0 Å². The zero-order valence-corrected chi connectivity index (χ0v) is 9.14. The van der Waals surface area contributed by atoms with Gasteiger partial charge in [-0.05, 0) is 6.42 Å². The average Bonchev–Trinajstić information content (AvgIpc) is 2.65. The van der Waals surface area contributed by atoms with E-state index in [1.54, 1.807) is 6.20 Å². The molecule has 1 aromatic heterocycles. The first-order chi connectivity index (χ1) is 7.19. The maximum absolute atomic E-state index is 11.1. The topological polar surface area (TPSA) is 70.1 Å². The lowest BCUT2D eigenvalue weighted by molar-refractivity contribution is -0.142. The summed E-state index contributed by atoms with van der Waals surface area (Å²) >= 11 is 0. The molecule has 0 spiro atoms. The molecule has 15 heavy (non-hydrogen) atoms. The summed E-state index contributed by atoms with van der Waals surface area (Å²) in [6.45, 7) is 2.50. The van der Waals surface area contributed by atoms with E-state index in [0.717, 1.165) is 18.7 Å². The molecule has 0 bridgehead atoms. The molecule has 0 amide bonds. The quantitative estimate of drug-likeness (QED) is 0.713. The van der Waals surface area contributed by atoms with Gasteiger partial charge in [0.05, 0.1) is 7.11 Å². The Kier molecular flexibility index (Phi) is 4.30. The first kappa shape index (κ1) is 11.7. The third-order valence-corrected chi connectivity index (χ3v) is 2.17. The highest BCUT2D eigenvalue weighted by Crippen LogP contribution is 2.02. The summed E-state index contributed by atoms with van der Waals surface area (Å²) in [5.74, 6) is 0.558. The minimum Gasteiger partial charge on any atom is -0.468 e. The molecule has 0 aliphatic carbocycles. The van der Waals surface area contributed by atoms with Crippen LogP contribution >= 0.6 is 0 Å². The number of hydrogen-bond acceptors (Lipinski definition) is 4. The lowest BCUT2D eigenvalue weighted by Crippen LogP contribution is -2.36. The molecule has 0 aliphatic rings. The van der Waals surface area contributed by atoms with Crippen molar-refractivity contribution >= 4 is 5.97 Å². The van der Waals surface area contributed by atoms with Crippen LogP contribution < -0.4 is 5.73 Å². The fourth-order valence-corrected chi connectivity index (χ4v) is 1.40. The van der Waals surface area contributed by atoms with Crippen molar-refractivity contribution in [3.63, 3.8) is 0 Å². The zero-order chi connectivity index (χ0) is 11.3. The van der Waals surface area contributed by atoms with E-state index in [2.05, 4.69) is 16.6 Å². The molecular formula is C10H17N3O2. The normalized spacial score (nSPS) is 12.5. The minimum absolute atomic E-state index is 0.397. The maximum atomic E-state index is 11.1. The molecule has 0 saturated heterocycles. The summed E-state index contributed by atoms with van der Waals surface area (Å²) < 4.78 is 6.46. The van der Waals surface area contributed by atoms with Crippen molar-refractivity contribution in [1.82, 2.24) is 9.55 Å². The van der Waals surface area contributed by atoms with Crippen LogP contribution in [0.2, 0.25) is 0 Å². The van der Waals surface area contributed by atoms with Gasteiger partial charge in [-0.2, -0.15) is 0 Å². The summed E-state index contributed by atoms with van der Waals surface area (Å²) in [5.41, 5.74) is 5.66. The van der Waals surface area contributed by atoms with Crippen LogP contribution in [0.4, 0.5) is 0 Å². The smallest absolute Gasteiger partial charge is 0.324 e. The Morgan fingerprint density at radius 3 is 3.07 bits per heavy atom. The lowest BCUT2D eigenvalue weighted by Gasteiger charge is -2.12. The zero-order valence-electron chi connectivity index (χ0n) is 9.14. The van der Waals surface area contributed by atoms with Crippen LogP contribution in [0, 0.1) is 0 Å². The second-order valence-corrected chi connectivity index (χ2v) is 3.38. The molecule has 1 heterocycles. The third kappa shape index (κ3) is 3.06. The van der Waals surface area contributed by atoms with Crippen molar-refractivity contribution in [2.24, 2.45) is 5.73 Å². The monoisotopic (exact) mass is 211 g/mol. The molecule has 5 nitrogen and oxygen atoms in total. The predicted octanol–water partition coefficient (Wildman–Crippen LogP) is 0.336. The highest BCUT2D eigenvalue weighted by molar-refractivity contribution is 5.75. The Morgan fingerprint density at radius 2 is 2.47 bits per heavy atom. The number of imidazole rings is 1. The third-order valence-electron chi connectivity index (χ3n) is 2.17. The van der Waals surface area contributed by atoms with E-state index in [0.29, 0.717) is 6.54 Å². The van der Waals surface area contributed by atoms with Gasteiger partial charge in [0, 0.05) is 25.4 Å². The Balaban J connectivity index is 2.63. The van der Waals surface area contributed by atoms with Gasteiger partial charge in [-0.3, -0.25) is 4.79 Å². The Labute approximate surface area is 89.2 Å².